The number of pyridine rings is 1. The lowest BCUT2D eigenvalue weighted by atomic mass is 10.4. The quantitative estimate of drug-likeness (QED) is 0.615. The van der Waals surface area contributed by atoms with E-state index in [9.17, 15) is 0 Å². The van der Waals surface area contributed by atoms with E-state index < -0.39 is 0 Å². The number of rotatable bonds is 2. The molecule has 0 aliphatic heterocycles. The van der Waals surface area contributed by atoms with Crippen molar-refractivity contribution in [3.63, 3.8) is 0 Å². The lowest BCUT2D eigenvalue weighted by Gasteiger charge is -2.10. The van der Waals surface area contributed by atoms with Crippen LogP contribution in [0.5, 0.6) is 0 Å². The van der Waals surface area contributed by atoms with Crippen LogP contribution in [0.3, 0.4) is 0 Å². The summed E-state index contributed by atoms with van der Waals surface area (Å²) < 4.78 is 0. The molecule has 0 radical (unpaired) electrons. The van der Waals surface area contributed by atoms with E-state index in [1.807, 2.05) is 18.2 Å². The first-order valence-corrected chi connectivity index (χ1v) is 3.77. The fourth-order valence-electron chi connectivity index (χ4n) is 0.951. The standard InChI is InChI=1S/C8H11N3/c9-8(4-5-8)11-7-3-1-2-6-10-7/h1-3,6H,4-5,9H2,(H,10,11). The Labute approximate surface area is 65.6 Å². The maximum atomic E-state index is 5.83. The summed E-state index contributed by atoms with van der Waals surface area (Å²) in [7, 11) is 0. The minimum absolute atomic E-state index is 0.158. The molecule has 1 saturated carbocycles. The monoisotopic (exact) mass is 149 g/mol. The number of nitrogens with zero attached hydrogens (tertiary/aromatic N) is 1. The lowest BCUT2D eigenvalue weighted by molar-refractivity contribution is 0.775. The van der Waals surface area contributed by atoms with E-state index in [1.165, 1.54) is 0 Å². The highest BCUT2D eigenvalue weighted by Gasteiger charge is 2.38. The van der Waals surface area contributed by atoms with Gasteiger partial charge >= 0.3 is 0 Å². The minimum Gasteiger partial charge on any atom is -0.352 e. The minimum atomic E-state index is -0.158. The van der Waals surface area contributed by atoms with Crippen LogP contribution < -0.4 is 11.1 Å². The highest BCUT2D eigenvalue weighted by atomic mass is 15.2. The normalized spacial score (nSPS) is 19.4. The first kappa shape index (κ1) is 6.61. The summed E-state index contributed by atoms with van der Waals surface area (Å²) in [5, 5.41) is 3.16. The summed E-state index contributed by atoms with van der Waals surface area (Å²) in [6.07, 6.45) is 3.85. The van der Waals surface area contributed by atoms with Crippen molar-refractivity contribution in [3.05, 3.63) is 24.4 Å². The maximum Gasteiger partial charge on any atom is 0.127 e. The molecule has 1 fully saturated rings. The molecule has 0 atom stereocenters. The molecule has 1 heterocycles. The van der Waals surface area contributed by atoms with E-state index in [2.05, 4.69) is 10.3 Å². The molecule has 3 nitrogen and oxygen atoms in total. The van der Waals surface area contributed by atoms with Gasteiger partial charge in [-0.25, -0.2) is 4.98 Å². The van der Waals surface area contributed by atoms with Gasteiger partial charge in [0.2, 0.25) is 0 Å². The van der Waals surface area contributed by atoms with E-state index in [0.29, 0.717) is 0 Å². The Morgan fingerprint density at radius 1 is 1.45 bits per heavy atom. The maximum absolute atomic E-state index is 5.83. The van der Waals surface area contributed by atoms with E-state index >= 15 is 0 Å². The van der Waals surface area contributed by atoms with E-state index in [0.717, 1.165) is 18.7 Å². The van der Waals surface area contributed by atoms with Crippen molar-refractivity contribution in [3.8, 4) is 0 Å². The molecule has 1 aromatic rings. The molecular formula is C8H11N3. The van der Waals surface area contributed by atoms with E-state index in [-0.39, 0.29) is 5.66 Å². The van der Waals surface area contributed by atoms with Crippen LogP contribution in [0.1, 0.15) is 12.8 Å². The van der Waals surface area contributed by atoms with Gasteiger partial charge in [-0.2, -0.15) is 0 Å². The molecule has 0 amide bonds. The molecule has 58 valence electrons. The molecule has 0 spiro atoms. The summed E-state index contributed by atoms with van der Waals surface area (Å²) in [5.74, 6) is 0.868. The number of hydrogen-bond acceptors (Lipinski definition) is 3. The summed E-state index contributed by atoms with van der Waals surface area (Å²) in [6, 6.07) is 5.76. The van der Waals surface area contributed by atoms with Crippen LogP contribution >= 0.6 is 0 Å². The summed E-state index contributed by atoms with van der Waals surface area (Å²) in [6.45, 7) is 0. The van der Waals surface area contributed by atoms with Gasteiger partial charge in [0, 0.05) is 6.20 Å². The third-order valence-electron chi connectivity index (χ3n) is 1.83. The topological polar surface area (TPSA) is 50.9 Å². The van der Waals surface area contributed by atoms with E-state index in [4.69, 9.17) is 5.73 Å². The van der Waals surface area contributed by atoms with Crippen LogP contribution in [-0.2, 0) is 0 Å². The van der Waals surface area contributed by atoms with Crippen molar-refractivity contribution in [2.45, 2.75) is 18.5 Å². The highest BCUT2D eigenvalue weighted by molar-refractivity contribution is 5.38. The zero-order chi connectivity index (χ0) is 7.73. The lowest BCUT2D eigenvalue weighted by Crippen LogP contribution is -2.31. The largest absolute Gasteiger partial charge is 0.352 e. The Bertz CT molecular complexity index is 241. The van der Waals surface area contributed by atoms with Crippen LogP contribution in [0.25, 0.3) is 0 Å². The Kier molecular flexibility index (Phi) is 1.32. The van der Waals surface area contributed by atoms with Crippen molar-refractivity contribution >= 4 is 5.82 Å². The van der Waals surface area contributed by atoms with Crippen LogP contribution in [0.15, 0.2) is 24.4 Å². The average molecular weight is 149 g/mol. The van der Waals surface area contributed by atoms with Gasteiger partial charge in [0.05, 0.1) is 5.66 Å². The van der Waals surface area contributed by atoms with Crippen molar-refractivity contribution < 1.29 is 0 Å². The molecule has 11 heavy (non-hydrogen) atoms. The third kappa shape index (κ3) is 1.49. The average Bonchev–Trinajstić information content (AvgIpc) is 2.70. The van der Waals surface area contributed by atoms with Gasteiger partial charge in [-0.1, -0.05) is 6.07 Å². The predicted octanol–water partition coefficient (Wildman–Crippen LogP) is 0.942. The number of nitrogens with one attached hydrogen (secondary N) is 1. The molecule has 3 N–H and O–H groups in total. The molecule has 1 aliphatic carbocycles. The summed E-state index contributed by atoms with van der Waals surface area (Å²) in [5.41, 5.74) is 5.67. The fourth-order valence-corrected chi connectivity index (χ4v) is 0.951. The molecule has 0 aromatic carbocycles. The molecule has 2 rings (SSSR count). The zero-order valence-corrected chi connectivity index (χ0v) is 6.25. The second-order valence-corrected chi connectivity index (χ2v) is 3.00. The molecule has 1 aromatic heterocycles. The Hall–Kier alpha value is -1.09. The summed E-state index contributed by atoms with van der Waals surface area (Å²) in [4.78, 5) is 4.11. The van der Waals surface area contributed by atoms with Crippen LogP contribution in [-0.4, -0.2) is 10.6 Å². The predicted molar refractivity (Wildman–Crippen MR) is 44.0 cm³/mol. The van der Waals surface area contributed by atoms with Crippen molar-refractivity contribution in [1.29, 1.82) is 0 Å². The van der Waals surface area contributed by atoms with Crippen molar-refractivity contribution in [2.24, 2.45) is 5.73 Å². The zero-order valence-electron chi connectivity index (χ0n) is 6.25. The Morgan fingerprint density at radius 3 is 2.82 bits per heavy atom. The SMILES string of the molecule is NC1(Nc2ccccn2)CC1. The molecule has 3 heteroatoms. The second kappa shape index (κ2) is 2.20. The second-order valence-electron chi connectivity index (χ2n) is 3.00. The van der Waals surface area contributed by atoms with Gasteiger partial charge in [-0.3, -0.25) is 0 Å². The van der Waals surface area contributed by atoms with Crippen LogP contribution in [0, 0.1) is 0 Å². The van der Waals surface area contributed by atoms with Crippen LogP contribution in [0.4, 0.5) is 5.82 Å². The number of hydrogen-bond donors (Lipinski definition) is 2. The number of nitrogens with two attached hydrogens (primary N) is 1. The van der Waals surface area contributed by atoms with Gasteiger partial charge in [-0.15, -0.1) is 0 Å². The Balaban J connectivity index is 2.07. The summed E-state index contributed by atoms with van der Waals surface area (Å²) >= 11 is 0. The fraction of sp³-hybridized carbons (Fsp3) is 0.375. The molecular weight excluding hydrogens is 138 g/mol. The van der Waals surface area contributed by atoms with Gasteiger partial charge in [-0.05, 0) is 25.0 Å². The third-order valence-corrected chi connectivity index (χ3v) is 1.83. The number of aromatic nitrogens is 1. The van der Waals surface area contributed by atoms with E-state index in [1.54, 1.807) is 6.20 Å². The van der Waals surface area contributed by atoms with Gasteiger partial charge in [0.1, 0.15) is 5.82 Å². The van der Waals surface area contributed by atoms with Gasteiger partial charge < -0.3 is 11.1 Å². The first-order valence-electron chi connectivity index (χ1n) is 3.77. The smallest absolute Gasteiger partial charge is 0.127 e. The molecule has 0 unspecified atom stereocenters. The van der Waals surface area contributed by atoms with Gasteiger partial charge in [0.25, 0.3) is 0 Å². The van der Waals surface area contributed by atoms with Crippen molar-refractivity contribution in [2.75, 3.05) is 5.32 Å². The first-order chi connectivity index (χ1) is 5.29. The van der Waals surface area contributed by atoms with Gasteiger partial charge in [0.15, 0.2) is 0 Å². The number of anilines is 1. The molecule has 0 saturated heterocycles. The Morgan fingerprint density at radius 2 is 2.27 bits per heavy atom. The molecule has 1 aliphatic rings. The highest BCUT2D eigenvalue weighted by Crippen LogP contribution is 2.32. The molecule has 0 bridgehead atoms. The van der Waals surface area contributed by atoms with Crippen LogP contribution in [0.2, 0.25) is 0 Å². The van der Waals surface area contributed by atoms with Crippen molar-refractivity contribution in [1.82, 2.24) is 4.98 Å².